The molecule has 86 valence electrons. The Labute approximate surface area is 103 Å². The zero-order valence-corrected chi connectivity index (χ0v) is 9.84. The molecule has 0 amide bonds. The molecule has 0 saturated heterocycles. The number of aryl methyl sites for hydroxylation is 1. The molecule has 0 atom stereocenters. The van der Waals surface area contributed by atoms with Crippen LogP contribution in [0.25, 0.3) is 11.4 Å². The third kappa shape index (κ3) is 1.91. The van der Waals surface area contributed by atoms with Crippen LogP contribution in [0, 0.1) is 5.82 Å². The van der Waals surface area contributed by atoms with Crippen molar-refractivity contribution in [1.82, 2.24) is 9.97 Å². The van der Waals surface area contributed by atoms with Gasteiger partial charge in [0.25, 0.3) is 0 Å². The molecule has 0 saturated carbocycles. The Morgan fingerprint density at radius 1 is 1.18 bits per heavy atom. The number of hydrogen-bond donors (Lipinski definition) is 0. The zero-order chi connectivity index (χ0) is 11.8. The predicted molar refractivity (Wildman–Crippen MR) is 64.5 cm³/mol. The van der Waals surface area contributed by atoms with Crippen molar-refractivity contribution in [3.8, 4) is 11.4 Å². The molecule has 2 nitrogen and oxygen atoms in total. The molecule has 4 heteroatoms. The maximum Gasteiger partial charge on any atom is 0.161 e. The average Bonchev–Trinajstić information content (AvgIpc) is 2.77. The van der Waals surface area contributed by atoms with E-state index in [1.165, 1.54) is 12.1 Å². The van der Waals surface area contributed by atoms with E-state index in [2.05, 4.69) is 9.97 Å². The van der Waals surface area contributed by atoms with Crippen LogP contribution in [0.15, 0.2) is 24.3 Å². The molecule has 17 heavy (non-hydrogen) atoms. The van der Waals surface area contributed by atoms with Gasteiger partial charge in [0, 0.05) is 16.8 Å². The van der Waals surface area contributed by atoms with Crippen LogP contribution in [0.3, 0.4) is 0 Å². The number of halogens is 2. The first-order chi connectivity index (χ1) is 8.24. The van der Waals surface area contributed by atoms with Gasteiger partial charge >= 0.3 is 0 Å². The fourth-order valence-corrected chi connectivity index (χ4v) is 2.43. The SMILES string of the molecule is Fc1cccc(-c2nc(Cl)c3c(n2)CCC3)c1. The molecule has 1 aromatic carbocycles. The molecule has 0 bridgehead atoms. The van der Waals surface area contributed by atoms with Crippen molar-refractivity contribution in [2.45, 2.75) is 19.3 Å². The lowest BCUT2D eigenvalue weighted by Gasteiger charge is -2.05. The molecule has 0 N–H and O–H groups in total. The van der Waals surface area contributed by atoms with Crippen LogP contribution in [0.1, 0.15) is 17.7 Å². The second-order valence-corrected chi connectivity index (χ2v) is 4.49. The molecule has 1 aliphatic rings. The molecule has 0 fully saturated rings. The summed E-state index contributed by atoms with van der Waals surface area (Å²) >= 11 is 6.12. The van der Waals surface area contributed by atoms with Gasteiger partial charge in [-0.2, -0.15) is 0 Å². The van der Waals surface area contributed by atoms with Crippen molar-refractivity contribution in [2.75, 3.05) is 0 Å². The van der Waals surface area contributed by atoms with Crippen molar-refractivity contribution in [2.24, 2.45) is 0 Å². The van der Waals surface area contributed by atoms with Gasteiger partial charge in [0.15, 0.2) is 5.82 Å². The second-order valence-electron chi connectivity index (χ2n) is 4.13. The molecular weight excluding hydrogens is 239 g/mol. The molecular formula is C13H10ClFN2. The van der Waals surface area contributed by atoms with Crippen LogP contribution in [0.2, 0.25) is 5.15 Å². The van der Waals surface area contributed by atoms with Gasteiger partial charge in [-0.05, 0) is 31.4 Å². The summed E-state index contributed by atoms with van der Waals surface area (Å²) in [6.07, 6.45) is 2.94. The number of rotatable bonds is 1. The van der Waals surface area contributed by atoms with Gasteiger partial charge < -0.3 is 0 Å². The topological polar surface area (TPSA) is 25.8 Å². The number of nitrogens with zero attached hydrogens (tertiary/aromatic N) is 2. The summed E-state index contributed by atoms with van der Waals surface area (Å²) in [4.78, 5) is 8.71. The van der Waals surface area contributed by atoms with E-state index in [0.29, 0.717) is 16.5 Å². The minimum Gasteiger partial charge on any atom is -0.233 e. The highest BCUT2D eigenvalue weighted by Gasteiger charge is 2.18. The van der Waals surface area contributed by atoms with E-state index in [1.807, 2.05) is 0 Å². The average molecular weight is 249 g/mol. The standard InChI is InChI=1S/C13H10ClFN2/c14-12-10-5-2-6-11(10)16-13(17-12)8-3-1-4-9(15)7-8/h1,3-4,7H,2,5-6H2. The van der Waals surface area contributed by atoms with E-state index < -0.39 is 0 Å². The van der Waals surface area contributed by atoms with Gasteiger partial charge in [0.05, 0.1) is 0 Å². The molecule has 3 rings (SSSR count). The lowest BCUT2D eigenvalue weighted by atomic mass is 10.2. The Morgan fingerprint density at radius 2 is 2.06 bits per heavy atom. The maximum atomic E-state index is 13.1. The Kier molecular flexibility index (Phi) is 2.56. The van der Waals surface area contributed by atoms with E-state index in [-0.39, 0.29) is 5.82 Å². The van der Waals surface area contributed by atoms with Crippen molar-refractivity contribution in [3.63, 3.8) is 0 Å². The van der Waals surface area contributed by atoms with E-state index >= 15 is 0 Å². The molecule has 0 aliphatic heterocycles. The molecule has 0 spiro atoms. The quantitative estimate of drug-likeness (QED) is 0.723. The first-order valence-corrected chi connectivity index (χ1v) is 5.93. The molecule has 2 aromatic rings. The minimum atomic E-state index is -0.289. The summed E-state index contributed by atoms with van der Waals surface area (Å²) in [6.45, 7) is 0. The van der Waals surface area contributed by atoms with Crippen LogP contribution < -0.4 is 0 Å². The second kappa shape index (κ2) is 4.08. The minimum absolute atomic E-state index is 0.289. The van der Waals surface area contributed by atoms with E-state index in [1.54, 1.807) is 12.1 Å². The molecule has 1 aliphatic carbocycles. The highest BCUT2D eigenvalue weighted by Crippen LogP contribution is 2.28. The third-order valence-electron chi connectivity index (χ3n) is 2.97. The van der Waals surface area contributed by atoms with E-state index in [9.17, 15) is 4.39 Å². The van der Waals surface area contributed by atoms with Crippen molar-refractivity contribution in [3.05, 3.63) is 46.5 Å². The smallest absolute Gasteiger partial charge is 0.161 e. The summed E-state index contributed by atoms with van der Waals surface area (Å²) in [7, 11) is 0. The number of hydrogen-bond acceptors (Lipinski definition) is 2. The zero-order valence-electron chi connectivity index (χ0n) is 9.08. The van der Waals surface area contributed by atoms with E-state index in [0.717, 1.165) is 30.5 Å². The Bertz CT molecular complexity index is 584. The monoisotopic (exact) mass is 248 g/mol. The van der Waals surface area contributed by atoms with Gasteiger partial charge in [-0.1, -0.05) is 23.7 Å². The summed E-state index contributed by atoms with van der Waals surface area (Å²) in [5.74, 6) is 0.220. The van der Waals surface area contributed by atoms with Crippen LogP contribution in [0.5, 0.6) is 0 Å². The van der Waals surface area contributed by atoms with Gasteiger partial charge in [-0.3, -0.25) is 0 Å². The first-order valence-electron chi connectivity index (χ1n) is 5.55. The van der Waals surface area contributed by atoms with Crippen LogP contribution in [-0.4, -0.2) is 9.97 Å². The third-order valence-corrected chi connectivity index (χ3v) is 3.28. The molecule has 0 radical (unpaired) electrons. The number of benzene rings is 1. The predicted octanol–water partition coefficient (Wildman–Crippen LogP) is 3.42. The van der Waals surface area contributed by atoms with Crippen molar-refractivity contribution in [1.29, 1.82) is 0 Å². The molecule has 1 aromatic heterocycles. The van der Waals surface area contributed by atoms with Gasteiger partial charge in [-0.25, -0.2) is 14.4 Å². The molecule has 1 heterocycles. The summed E-state index contributed by atoms with van der Waals surface area (Å²) < 4.78 is 13.1. The Balaban J connectivity index is 2.13. The maximum absolute atomic E-state index is 13.1. The van der Waals surface area contributed by atoms with Crippen molar-refractivity contribution < 1.29 is 4.39 Å². The summed E-state index contributed by atoms with van der Waals surface area (Å²) in [5, 5.41) is 0.506. The van der Waals surface area contributed by atoms with Gasteiger partial charge in [-0.15, -0.1) is 0 Å². The highest BCUT2D eigenvalue weighted by atomic mass is 35.5. The van der Waals surface area contributed by atoms with Crippen LogP contribution >= 0.6 is 11.6 Å². The largest absolute Gasteiger partial charge is 0.233 e. The number of fused-ring (bicyclic) bond motifs is 1. The lowest BCUT2D eigenvalue weighted by molar-refractivity contribution is 0.628. The fraction of sp³-hybridized carbons (Fsp3) is 0.231. The van der Waals surface area contributed by atoms with E-state index in [4.69, 9.17) is 11.6 Å². The summed E-state index contributed by atoms with van der Waals surface area (Å²) in [6, 6.07) is 6.26. The Hall–Kier alpha value is -1.48. The normalized spacial score (nSPS) is 13.8. The fourth-order valence-electron chi connectivity index (χ4n) is 2.14. The van der Waals surface area contributed by atoms with Crippen molar-refractivity contribution >= 4 is 11.6 Å². The van der Waals surface area contributed by atoms with Crippen LogP contribution in [0.4, 0.5) is 4.39 Å². The van der Waals surface area contributed by atoms with Crippen LogP contribution in [-0.2, 0) is 12.8 Å². The molecule has 0 unspecified atom stereocenters. The highest BCUT2D eigenvalue weighted by molar-refractivity contribution is 6.30. The first kappa shape index (κ1) is 10.7. The van der Waals surface area contributed by atoms with Gasteiger partial charge in [0.1, 0.15) is 11.0 Å². The lowest BCUT2D eigenvalue weighted by Crippen LogP contribution is -1.97. The Morgan fingerprint density at radius 3 is 2.88 bits per heavy atom. The summed E-state index contributed by atoms with van der Waals surface area (Å²) in [5.41, 5.74) is 2.72. The number of aromatic nitrogens is 2. The van der Waals surface area contributed by atoms with Gasteiger partial charge in [0.2, 0.25) is 0 Å².